The molecule has 3 heterocycles. The van der Waals surface area contributed by atoms with Crippen LogP contribution in [-0.4, -0.2) is 63.6 Å². The van der Waals surface area contributed by atoms with Gasteiger partial charge in [0, 0.05) is 42.7 Å². The number of pyridine rings is 1. The third-order valence-electron chi connectivity index (χ3n) is 6.04. The molecule has 0 aliphatic carbocycles. The standard InChI is InChI=1S/C24H27F3N6O2/c1-13-12-32(4)8-9-33(13)24(34)35-20-10-18-19(11-28-20)30-15(3)31-23(18)29-14(2)16-6-5-7-17(21(16)25)22(26)27/h5-7,10-11,13-14,22H,8-9,12H2,1-4H3,(H,29,30,31)/t13-,14-/m1/s1. The summed E-state index contributed by atoms with van der Waals surface area (Å²) < 4.78 is 46.5. The predicted octanol–water partition coefficient (Wildman–Crippen LogP) is 4.72. The van der Waals surface area contributed by atoms with Gasteiger partial charge in [-0.05, 0) is 27.8 Å². The Bertz CT molecular complexity index is 1240. The monoisotopic (exact) mass is 488 g/mol. The van der Waals surface area contributed by atoms with Crippen LogP contribution in [0.3, 0.4) is 0 Å². The molecule has 1 aliphatic rings. The molecule has 1 fully saturated rings. The summed E-state index contributed by atoms with van der Waals surface area (Å²) in [4.78, 5) is 29.5. The normalized spacial score (nSPS) is 17.6. The molecule has 4 rings (SSSR count). The van der Waals surface area contributed by atoms with Crippen LogP contribution in [-0.2, 0) is 0 Å². The zero-order valence-corrected chi connectivity index (χ0v) is 19.9. The minimum atomic E-state index is -2.92. The van der Waals surface area contributed by atoms with E-state index in [2.05, 4.69) is 25.2 Å². The molecular formula is C24H27F3N6O2. The Balaban J connectivity index is 1.61. The van der Waals surface area contributed by atoms with E-state index in [1.54, 1.807) is 18.7 Å². The van der Waals surface area contributed by atoms with Crippen LogP contribution in [0.1, 0.15) is 43.3 Å². The Morgan fingerprint density at radius 3 is 2.69 bits per heavy atom. The first kappa shape index (κ1) is 24.6. The van der Waals surface area contributed by atoms with Crippen LogP contribution in [0.2, 0.25) is 0 Å². The minimum Gasteiger partial charge on any atom is -0.391 e. The van der Waals surface area contributed by atoms with Crippen molar-refractivity contribution >= 4 is 22.8 Å². The average molecular weight is 489 g/mol. The number of rotatable bonds is 5. The lowest BCUT2D eigenvalue weighted by atomic mass is 10.0. The summed E-state index contributed by atoms with van der Waals surface area (Å²) >= 11 is 0. The highest BCUT2D eigenvalue weighted by molar-refractivity contribution is 5.89. The number of aryl methyl sites for hydroxylation is 1. The van der Waals surface area contributed by atoms with Gasteiger partial charge in [-0.3, -0.25) is 0 Å². The van der Waals surface area contributed by atoms with E-state index < -0.39 is 29.9 Å². The van der Waals surface area contributed by atoms with Gasteiger partial charge in [-0.2, -0.15) is 0 Å². The summed E-state index contributed by atoms with van der Waals surface area (Å²) in [6, 6.07) is 4.74. The van der Waals surface area contributed by atoms with E-state index >= 15 is 0 Å². The number of amides is 1. The van der Waals surface area contributed by atoms with Crippen molar-refractivity contribution in [3.05, 3.63) is 53.2 Å². The minimum absolute atomic E-state index is 0.00957. The molecule has 35 heavy (non-hydrogen) atoms. The van der Waals surface area contributed by atoms with Crippen LogP contribution in [0.15, 0.2) is 30.5 Å². The summed E-state index contributed by atoms with van der Waals surface area (Å²) in [5.41, 5.74) is -0.0878. The van der Waals surface area contributed by atoms with E-state index in [-0.39, 0.29) is 17.5 Å². The molecule has 2 aromatic heterocycles. The second kappa shape index (κ2) is 10.0. The largest absolute Gasteiger partial charge is 0.416 e. The van der Waals surface area contributed by atoms with Crippen molar-refractivity contribution in [3.63, 3.8) is 0 Å². The van der Waals surface area contributed by atoms with E-state index in [4.69, 9.17) is 4.74 Å². The lowest BCUT2D eigenvalue weighted by molar-refractivity contribution is 0.0883. The highest BCUT2D eigenvalue weighted by Crippen LogP contribution is 2.31. The third kappa shape index (κ3) is 5.29. The number of carbonyl (C=O) groups is 1. The topological polar surface area (TPSA) is 83.5 Å². The molecule has 0 radical (unpaired) electrons. The highest BCUT2D eigenvalue weighted by Gasteiger charge is 2.28. The number of nitrogens with zero attached hydrogens (tertiary/aromatic N) is 5. The van der Waals surface area contributed by atoms with Crippen molar-refractivity contribution in [1.82, 2.24) is 24.8 Å². The molecule has 8 nitrogen and oxygen atoms in total. The lowest BCUT2D eigenvalue weighted by Crippen LogP contribution is -2.53. The summed E-state index contributed by atoms with van der Waals surface area (Å²) in [6.07, 6.45) is -1.96. The van der Waals surface area contributed by atoms with Gasteiger partial charge in [0.2, 0.25) is 5.88 Å². The smallest absolute Gasteiger partial charge is 0.391 e. The second-order valence-electron chi connectivity index (χ2n) is 8.75. The fourth-order valence-corrected chi connectivity index (χ4v) is 4.21. The van der Waals surface area contributed by atoms with Gasteiger partial charge in [-0.25, -0.2) is 32.9 Å². The number of likely N-dealkylation sites (N-methyl/N-ethyl adjacent to an activating group) is 1. The molecule has 1 aliphatic heterocycles. The molecule has 186 valence electrons. The number of piperazine rings is 1. The summed E-state index contributed by atoms with van der Waals surface area (Å²) in [5.74, 6) is -0.112. The van der Waals surface area contributed by atoms with Crippen LogP contribution >= 0.6 is 0 Å². The number of hydrogen-bond donors (Lipinski definition) is 1. The van der Waals surface area contributed by atoms with Gasteiger partial charge in [0.1, 0.15) is 17.5 Å². The van der Waals surface area contributed by atoms with E-state index in [9.17, 15) is 18.0 Å². The Labute approximate surface area is 201 Å². The van der Waals surface area contributed by atoms with Crippen LogP contribution < -0.4 is 10.1 Å². The molecule has 0 saturated carbocycles. The fraction of sp³-hybridized carbons (Fsp3) is 0.417. The summed E-state index contributed by atoms with van der Waals surface area (Å²) in [6.45, 7) is 7.31. The molecule has 1 aromatic carbocycles. The molecule has 1 amide bonds. The van der Waals surface area contributed by atoms with Crippen molar-refractivity contribution < 1.29 is 22.7 Å². The molecule has 0 spiro atoms. The van der Waals surface area contributed by atoms with E-state index in [0.717, 1.165) is 19.2 Å². The molecule has 11 heteroatoms. The lowest BCUT2D eigenvalue weighted by Gasteiger charge is -2.37. The molecule has 1 saturated heterocycles. The molecule has 0 bridgehead atoms. The van der Waals surface area contributed by atoms with Crippen LogP contribution in [0, 0.1) is 12.7 Å². The average Bonchev–Trinajstić information content (AvgIpc) is 2.79. The maximum absolute atomic E-state index is 14.7. The van der Waals surface area contributed by atoms with Crippen molar-refractivity contribution in [2.24, 2.45) is 0 Å². The zero-order chi connectivity index (χ0) is 25.3. The van der Waals surface area contributed by atoms with Gasteiger partial charge in [0.05, 0.1) is 23.3 Å². The predicted molar refractivity (Wildman–Crippen MR) is 125 cm³/mol. The molecule has 0 unspecified atom stereocenters. The number of anilines is 1. The van der Waals surface area contributed by atoms with Crippen LogP contribution in [0.4, 0.5) is 23.8 Å². The summed E-state index contributed by atoms with van der Waals surface area (Å²) in [5, 5.41) is 3.58. The number of ether oxygens (including phenoxy) is 1. The Hall–Kier alpha value is -3.47. The second-order valence-corrected chi connectivity index (χ2v) is 8.75. The number of aromatic nitrogens is 3. The Kier molecular flexibility index (Phi) is 7.06. The molecular weight excluding hydrogens is 461 g/mol. The summed E-state index contributed by atoms with van der Waals surface area (Å²) in [7, 11) is 2.00. The van der Waals surface area contributed by atoms with E-state index in [1.165, 1.54) is 24.4 Å². The maximum Gasteiger partial charge on any atom is 0.416 e. The van der Waals surface area contributed by atoms with Gasteiger partial charge >= 0.3 is 6.09 Å². The first-order chi connectivity index (χ1) is 16.6. The number of halogens is 3. The van der Waals surface area contributed by atoms with Crippen LogP contribution in [0.25, 0.3) is 10.9 Å². The molecule has 2 atom stereocenters. The fourth-order valence-electron chi connectivity index (χ4n) is 4.21. The zero-order valence-electron chi connectivity index (χ0n) is 19.9. The van der Waals surface area contributed by atoms with Crippen molar-refractivity contribution in [3.8, 4) is 5.88 Å². The first-order valence-electron chi connectivity index (χ1n) is 11.3. The van der Waals surface area contributed by atoms with Gasteiger partial charge in [-0.1, -0.05) is 18.2 Å². The molecule has 3 aromatic rings. The van der Waals surface area contributed by atoms with Gasteiger partial charge in [0.15, 0.2) is 0 Å². The number of fused-ring (bicyclic) bond motifs is 1. The first-order valence-corrected chi connectivity index (χ1v) is 11.3. The Morgan fingerprint density at radius 1 is 1.23 bits per heavy atom. The van der Waals surface area contributed by atoms with E-state index in [1.807, 2.05) is 14.0 Å². The number of benzene rings is 1. The van der Waals surface area contributed by atoms with Crippen LogP contribution in [0.5, 0.6) is 5.88 Å². The SMILES string of the molecule is Cc1nc(N[C@H](C)c2cccc(C(F)F)c2F)c2cc(OC(=O)N3CCN(C)C[C@H]3C)ncc2n1. The van der Waals surface area contributed by atoms with Gasteiger partial charge in [-0.15, -0.1) is 0 Å². The van der Waals surface area contributed by atoms with Crippen molar-refractivity contribution in [2.75, 3.05) is 32.0 Å². The van der Waals surface area contributed by atoms with Crippen molar-refractivity contribution in [2.45, 2.75) is 39.3 Å². The highest BCUT2D eigenvalue weighted by atomic mass is 19.3. The Morgan fingerprint density at radius 2 is 1.97 bits per heavy atom. The number of hydrogen-bond acceptors (Lipinski definition) is 7. The van der Waals surface area contributed by atoms with Crippen molar-refractivity contribution in [1.29, 1.82) is 0 Å². The number of alkyl halides is 2. The van der Waals surface area contributed by atoms with Gasteiger partial charge < -0.3 is 19.9 Å². The quantitative estimate of drug-likeness (QED) is 0.557. The number of nitrogens with one attached hydrogen (secondary N) is 1. The van der Waals surface area contributed by atoms with E-state index in [0.29, 0.717) is 29.1 Å². The van der Waals surface area contributed by atoms with Gasteiger partial charge in [0.25, 0.3) is 6.43 Å². The third-order valence-corrected chi connectivity index (χ3v) is 6.04. The maximum atomic E-state index is 14.7. The number of carbonyl (C=O) groups excluding carboxylic acids is 1. The molecule has 1 N–H and O–H groups in total.